The molecule has 0 aliphatic heterocycles. The Morgan fingerprint density at radius 3 is 2.68 bits per heavy atom. The van der Waals surface area contributed by atoms with E-state index in [2.05, 4.69) is 20.7 Å². The third-order valence-corrected chi connectivity index (χ3v) is 2.48. The molecule has 100 valence electrons. The van der Waals surface area contributed by atoms with E-state index < -0.39 is 0 Å². The number of aryl methyl sites for hydroxylation is 1. The van der Waals surface area contributed by atoms with Crippen LogP contribution in [0, 0.1) is 6.92 Å². The first-order chi connectivity index (χ1) is 9.21. The molecule has 2 aromatic rings. The second-order valence-electron chi connectivity index (χ2n) is 4.13. The average molecular weight is 259 g/mol. The van der Waals surface area contributed by atoms with Crippen molar-refractivity contribution in [3.05, 3.63) is 41.7 Å². The van der Waals surface area contributed by atoms with E-state index in [1.807, 2.05) is 31.2 Å². The number of ether oxygens (including phenoxy) is 1. The Hall–Kier alpha value is -2.18. The number of nitrogens with one attached hydrogen (secondary N) is 2. The lowest BCUT2D eigenvalue weighted by Gasteiger charge is -2.09. The third kappa shape index (κ3) is 3.64. The Balaban J connectivity index is 2.26. The standard InChI is InChI=1S/C13H17N5O/c1-9-4-3-5-10(6-9)15-11-7-12(18-14)17-13(16-11)8-19-2/h3-7H,8,14H2,1-2H3,(H2,15,16,17,18). The highest BCUT2D eigenvalue weighted by Crippen LogP contribution is 2.18. The highest BCUT2D eigenvalue weighted by molar-refractivity contribution is 5.59. The van der Waals surface area contributed by atoms with E-state index in [9.17, 15) is 0 Å². The maximum absolute atomic E-state index is 5.39. The van der Waals surface area contributed by atoms with E-state index in [1.165, 1.54) is 5.56 Å². The van der Waals surface area contributed by atoms with Crippen LogP contribution in [0.25, 0.3) is 0 Å². The lowest BCUT2D eigenvalue weighted by Crippen LogP contribution is -2.11. The van der Waals surface area contributed by atoms with Gasteiger partial charge in [0.25, 0.3) is 0 Å². The summed E-state index contributed by atoms with van der Waals surface area (Å²) in [4.78, 5) is 8.54. The Kier molecular flexibility index (Phi) is 4.27. The van der Waals surface area contributed by atoms with Crippen LogP contribution in [0.5, 0.6) is 0 Å². The molecule has 1 aromatic carbocycles. The summed E-state index contributed by atoms with van der Waals surface area (Å²) in [6.07, 6.45) is 0. The van der Waals surface area contributed by atoms with Gasteiger partial charge in [0.15, 0.2) is 5.82 Å². The summed E-state index contributed by atoms with van der Waals surface area (Å²) >= 11 is 0. The minimum Gasteiger partial charge on any atom is -0.377 e. The molecular formula is C13H17N5O. The predicted octanol–water partition coefficient (Wildman–Crippen LogP) is 1.96. The van der Waals surface area contributed by atoms with E-state index in [4.69, 9.17) is 10.6 Å². The highest BCUT2D eigenvalue weighted by atomic mass is 16.5. The van der Waals surface area contributed by atoms with Gasteiger partial charge in [-0.25, -0.2) is 15.8 Å². The van der Waals surface area contributed by atoms with Crippen LogP contribution in [0.15, 0.2) is 30.3 Å². The molecule has 0 aliphatic carbocycles. The van der Waals surface area contributed by atoms with Gasteiger partial charge in [0.2, 0.25) is 0 Å². The average Bonchev–Trinajstić information content (AvgIpc) is 2.39. The van der Waals surface area contributed by atoms with Gasteiger partial charge in [-0.1, -0.05) is 12.1 Å². The van der Waals surface area contributed by atoms with Gasteiger partial charge in [-0.2, -0.15) is 0 Å². The summed E-state index contributed by atoms with van der Waals surface area (Å²) in [5, 5.41) is 3.22. The van der Waals surface area contributed by atoms with Crippen LogP contribution in [-0.2, 0) is 11.3 Å². The Morgan fingerprint density at radius 2 is 2.00 bits per heavy atom. The normalized spacial score (nSPS) is 10.3. The molecule has 1 heterocycles. The first-order valence-corrected chi connectivity index (χ1v) is 5.88. The molecule has 2 rings (SSSR count). The van der Waals surface area contributed by atoms with Crippen molar-refractivity contribution in [2.45, 2.75) is 13.5 Å². The summed E-state index contributed by atoms with van der Waals surface area (Å²) in [5.74, 6) is 7.16. The van der Waals surface area contributed by atoms with E-state index in [0.29, 0.717) is 24.1 Å². The zero-order chi connectivity index (χ0) is 13.7. The molecule has 6 nitrogen and oxygen atoms in total. The van der Waals surface area contributed by atoms with Crippen molar-refractivity contribution >= 4 is 17.3 Å². The topological polar surface area (TPSA) is 85.1 Å². The Morgan fingerprint density at radius 1 is 1.21 bits per heavy atom. The molecule has 4 N–H and O–H groups in total. The molecular weight excluding hydrogens is 242 g/mol. The van der Waals surface area contributed by atoms with Crippen molar-refractivity contribution in [1.29, 1.82) is 0 Å². The van der Waals surface area contributed by atoms with Crippen molar-refractivity contribution in [3.63, 3.8) is 0 Å². The predicted molar refractivity (Wildman–Crippen MR) is 75.0 cm³/mol. The summed E-state index contributed by atoms with van der Waals surface area (Å²) in [7, 11) is 1.60. The van der Waals surface area contributed by atoms with Gasteiger partial charge in [0.1, 0.15) is 18.2 Å². The molecule has 0 amide bonds. The third-order valence-electron chi connectivity index (χ3n) is 2.48. The van der Waals surface area contributed by atoms with Gasteiger partial charge < -0.3 is 15.5 Å². The van der Waals surface area contributed by atoms with E-state index in [-0.39, 0.29) is 0 Å². The first-order valence-electron chi connectivity index (χ1n) is 5.88. The van der Waals surface area contributed by atoms with Gasteiger partial charge in [-0.15, -0.1) is 0 Å². The number of nitrogen functional groups attached to an aromatic ring is 1. The van der Waals surface area contributed by atoms with Gasteiger partial charge in [-0.05, 0) is 24.6 Å². The first kappa shape index (κ1) is 13.3. The van der Waals surface area contributed by atoms with Crippen LogP contribution in [0.2, 0.25) is 0 Å². The second-order valence-corrected chi connectivity index (χ2v) is 4.13. The number of rotatable bonds is 5. The number of hydrogen-bond acceptors (Lipinski definition) is 6. The molecule has 0 spiro atoms. The smallest absolute Gasteiger partial charge is 0.158 e. The van der Waals surface area contributed by atoms with Crippen molar-refractivity contribution in [2.24, 2.45) is 5.84 Å². The fourth-order valence-corrected chi connectivity index (χ4v) is 1.70. The minimum atomic E-state index is 0.331. The molecule has 0 unspecified atom stereocenters. The van der Waals surface area contributed by atoms with E-state index in [1.54, 1.807) is 13.2 Å². The molecule has 19 heavy (non-hydrogen) atoms. The lowest BCUT2D eigenvalue weighted by atomic mass is 10.2. The minimum absolute atomic E-state index is 0.331. The van der Waals surface area contributed by atoms with Crippen LogP contribution in [0.4, 0.5) is 17.3 Å². The van der Waals surface area contributed by atoms with Gasteiger partial charge >= 0.3 is 0 Å². The van der Waals surface area contributed by atoms with Crippen molar-refractivity contribution < 1.29 is 4.74 Å². The molecule has 0 saturated carbocycles. The largest absolute Gasteiger partial charge is 0.377 e. The zero-order valence-electron chi connectivity index (χ0n) is 11.0. The van der Waals surface area contributed by atoms with Crippen LogP contribution in [-0.4, -0.2) is 17.1 Å². The SMILES string of the molecule is COCc1nc(NN)cc(Nc2cccc(C)c2)n1. The maximum Gasteiger partial charge on any atom is 0.158 e. The number of nitrogens with two attached hydrogens (primary N) is 1. The molecule has 0 bridgehead atoms. The molecule has 0 radical (unpaired) electrons. The number of nitrogens with zero attached hydrogens (tertiary/aromatic N) is 2. The van der Waals surface area contributed by atoms with Crippen LogP contribution in [0.3, 0.4) is 0 Å². The number of methoxy groups -OCH3 is 1. The van der Waals surface area contributed by atoms with Crippen LogP contribution in [0.1, 0.15) is 11.4 Å². The van der Waals surface area contributed by atoms with Crippen molar-refractivity contribution in [3.8, 4) is 0 Å². The fourth-order valence-electron chi connectivity index (χ4n) is 1.70. The number of hydrazine groups is 1. The van der Waals surface area contributed by atoms with Crippen LogP contribution < -0.4 is 16.6 Å². The number of anilines is 3. The van der Waals surface area contributed by atoms with Crippen molar-refractivity contribution in [1.82, 2.24) is 9.97 Å². The van der Waals surface area contributed by atoms with Crippen molar-refractivity contribution in [2.75, 3.05) is 17.9 Å². The molecule has 0 fully saturated rings. The van der Waals surface area contributed by atoms with E-state index >= 15 is 0 Å². The summed E-state index contributed by atoms with van der Waals surface area (Å²) in [6, 6.07) is 9.77. The maximum atomic E-state index is 5.39. The van der Waals surface area contributed by atoms with Crippen LogP contribution >= 0.6 is 0 Å². The molecule has 1 aromatic heterocycles. The quantitative estimate of drug-likeness (QED) is 0.562. The number of benzene rings is 1. The van der Waals surface area contributed by atoms with Gasteiger partial charge in [0.05, 0.1) is 0 Å². The van der Waals surface area contributed by atoms with E-state index in [0.717, 1.165) is 5.69 Å². The lowest BCUT2D eigenvalue weighted by molar-refractivity contribution is 0.178. The number of hydrogen-bond donors (Lipinski definition) is 3. The molecule has 0 atom stereocenters. The summed E-state index contributed by atoms with van der Waals surface area (Å²) < 4.78 is 5.03. The summed E-state index contributed by atoms with van der Waals surface area (Å²) in [6.45, 7) is 2.37. The fraction of sp³-hybridized carbons (Fsp3) is 0.231. The summed E-state index contributed by atoms with van der Waals surface area (Å²) in [5.41, 5.74) is 4.65. The Labute approximate surface area is 112 Å². The molecule has 0 saturated heterocycles. The highest BCUT2D eigenvalue weighted by Gasteiger charge is 2.04. The molecule has 0 aliphatic rings. The number of aromatic nitrogens is 2. The second kappa shape index (κ2) is 6.12. The zero-order valence-corrected chi connectivity index (χ0v) is 11.0. The van der Waals surface area contributed by atoms with Gasteiger partial charge in [-0.3, -0.25) is 0 Å². The Bertz CT molecular complexity index is 558. The van der Waals surface area contributed by atoms with Gasteiger partial charge in [0, 0.05) is 18.9 Å². The molecule has 6 heteroatoms. The monoisotopic (exact) mass is 259 g/mol.